The summed E-state index contributed by atoms with van der Waals surface area (Å²) in [5, 5.41) is 15.4. The molecule has 0 saturated carbocycles. The Labute approximate surface area is 168 Å². The summed E-state index contributed by atoms with van der Waals surface area (Å²) in [7, 11) is 1.67. The highest BCUT2D eigenvalue weighted by Crippen LogP contribution is 2.24. The van der Waals surface area contributed by atoms with E-state index in [1.807, 2.05) is 34.6 Å². The largest absolute Gasteiger partial charge is 0.478 e. The van der Waals surface area contributed by atoms with Gasteiger partial charge in [-0.15, -0.1) is 0 Å². The monoisotopic (exact) mass is 395 g/mol. The number of likely N-dealkylation sites (N-methyl/N-ethyl adjacent to an activating group) is 1. The van der Waals surface area contributed by atoms with Crippen LogP contribution in [0.1, 0.15) is 54.4 Å². The summed E-state index contributed by atoms with van der Waals surface area (Å²) < 4.78 is 0. The molecule has 0 aromatic carbocycles. The van der Waals surface area contributed by atoms with Crippen molar-refractivity contribution < 1.29 is 19.5 Å². The van der Waals surface area contributed by atoms with Crippen molar-refractivity contribution >= 4 is 17.8 Å². The van der Waals surface area contributed by atoms with Crippen molar-refractivity contribution in [3.05, 3.63) is 11.6 Å². The van der Waals surface area contributed by atoms with Gasteiger partial charge in [0.15, 0.2) is 0 Å². The third-order valence-corrected chi connectivity index (χ3v) is 5.35. The number of piperidine rings is 1. The van der Waals surface area contributed by atoms with E-state index < -0.39 is 17.4 Å². The van der Waals surface area contributed by atoms with Gasteiger partial charge in [-0.3, -0.25) is 9.59 Å². The molecule has 3 N–H and O–H groups in total. The maximum Gasteiger partial charge on any atom is 0.331 e. The van der Waals surface area contributed by atoms with Gasteiger partial charge in [0, 0.05) is 18.5 Å². The van der Waals surface area contributed by atoms with Gasteiger partial charge in [0.05, 0.1) is 6.04 Å². The Balaban J connectivity index is 3.05. The minimum atomic E-state index is -1.00. The first-order valence-corrected chi connectivity index (χ1v) is 10.1. The zero-order valence-corrected chi connectivity index (χ0v) is 18.3. The first-order chi connectivity index (χ1) is 12.9. The first kappa shape index (κ1) is 24.1. The second-order valence-electron chi connectivity index (χ2n) is 9.17. The second-order valence-corrected chi connectivity index (χ2v) is 9.17. The zero-order chi connectivity index (χ0) is 21.6. The van der Waals surface area contributed by atoms with Crippen LogP contribution < -0.4 is 10.6 Å². The standard InChI is InChI=1S/C21H37N3O4/c1-13(2)16(12-14(3)20(27)28)24(7)19(26)17(21(4,5)6)23-18(25)15-8-10-22-11-9-15/h12-13,15-17,22H,8-11H2,1-7H3,(H,23,25)(H,27,28)/t16-,17-/m1/s1. The van der Waals surface area contributed by atoms with Crippen molar-refractivity contribution in [3.8, 4) is 0 Å². The van der Waals surface area contributed by atoms with Gasteiger partial charge in [-0.05, 0) is 44.2 Å². The van der Waals surface area contributed by atoms with Gasteiger partial charge in [0.1, 0.15) is 6.04 Å². The van der Waals surface area contributed by atoms with Gasteiger partial charge in [-0.2, -0.15) is 0 Å². The number of carboxylic acids is 1. The van der Waals surface area contributed by atoms with E-state index in [4.69, 9.17) is 0 Å². The molecule has 0 radical (unpaired) electrons. The molecule has 7 heteroatoms. The van der Waals surface area contributed by atoms with Gasteiger partial charge in [0.2, 0.25) is 11.8 Å². The lowest BCUT2D eigenvalue weighted by Gasteiger charge is -2.38. The van der Waals surface area contributed by atoms with E-state index in [2.05, 4.69) is 10.6 Å². The molecule has 0 aliphatic carbocycles. The van der Waals surface area contributed by atoms with Gasteiger partial charge in [0.25, 0.3) is 0 Å². The highest BCUT2D eigenvalue weighted by atomic mass is 16.4. The molecule has 0 bridgehead atoms. The van der Waals surface area contributed by atoms with Crippen molar-refractivity contribution in [3.63, 3.8) is 0 Å². The van der Waals surface area contributed by atoms with Crippen molar-refractivity contribution in [2.45, 2.75) is 66.5 Å². The summed E-state index contributed by atoms with van der Waals surface area (Å²) in [6.07, 6.45) is 3.14. The minimum Gasteiger partial charge on any atom is -0.478 e. The number of carbonyl (C=O) groups excluding carboxylic acids is 2. The van der Waals surface area contributed by atoms with E-state index >= 15 is 0 Å². The molecule has 1 aliphatic rings. The van der Waals surface area contributed by atoms with Crippen LogP contribution in [-0.2, 0) is 14.4 Å². The average molecular weight is 396 g/mol. The molecule has 0 aromatic heterocycles. The van der Waals surface area contributed by atoms with Crippen LogP contribution in [0, 0.1) is 17.3 Å². The SMILES string of the molecule is CC(=C[C@H](C(C)C)N(C)C(=O)[C@@H](NC(=O)C1CCNCC1)C(C)(C)C)C(=O)O. The van der Waals surface area contributed by atoms with Crippen molar-refractivity contribution in [2.24, 2.45) is 17.3 Å². The highest BCUT2D eigenvalue weighted by molar-refractivity contribution is 5.90. The second kappa shape index (κ2) is 10.0. The summed E-state index contributed by atoms with van der Waals surface area (Å²) in [6.45, 7) is 12.8. The maximum atomic E-state index is 13.3. The normalized spacial score (nSPS) is 18.5. The fourth-order valence-corrected chi connectivity index (χ4v) is 3.42. The minimum absolute atomic E-state index is 0.0315. The molecule has 1 aliphatic heterocycles. The van der Waals surface area contributed by atoms with E-state index in [1.54, 1.807) is 18.0 Å². The van der Waals surface area contributed by atoms with Gasteiger partial charge < -0.3 is 20.6 Å². The molecule has 160 valence electrons. The summed E-state index contributed by atoms with van der Waals surface area (Å²) >= 11 is 0. The van der Waals surface area contributed by atoms with Gasteiger partial charge in [-0.1, -0.05) is 40.7 Å². The molecule has 1 rings (SSSR count). The van der Waals surface area contributed by atoms with Crippen LogP contribution in [0.15, 0.2) is 11.6 Å². The van der Waals surface area contributed by atoms with E-state index in [9.17, 15) is 19.5 Å². The lowest BCUT2D eigenvalue weighted by Crippen LogP contribution is -2.57. The van der Waals surface area contributed by atoms with Crippen LogP contribution in [-0.4, -0.2) is 60.0 Å². The third-order valence-electron chi connectivity index (χ3n) is 5.35. The number of carboxylic acid groups (broad SMARTS) is 1. The molecule has 2 amide bonds. The number of carbonyl (C=O) groups is 3. The summed E-state index contributed by atoms with van der Waals surface area (Å²) in [5.74, 6) is -1.34. The molecule has 7 nitrogen and oxygen atoms in total. The van der Waals surface area contributed by atoms with E-state index in [0.29, 0.717) is 0 Å². The summed E-state index contributed by atoms with van der Waals surface area (Å²) in [6, 6.07) is -1.05. The van der Waals surface area contributed by atoms with Crippen LogP contribution >= 0.6 is 0 Å². The third kappa shape index (κ3) is 6.62. The molecule has 1 fully saturated rings. The molecule has 0 spiro atoms. The Hall–Kier alpha value is -1.89. The molecular weight excluding hydrogens is 358 g/mol. The van der Waals surface area contributed by atoms with Gasteiger partial charge >= 0.3 is 5.97 Å². The fourth-order valence-electron chi connectivity index (χ4n) is 3.42. The van der Waals surface area contributed by atoms with Crippen LogP contribution in [0.3, 0.4) is 0 Å². The van der Waals surface area contributed by atoms with Crippen LogP contribution in [0.25, 0.3) is 0 Å². The molecule has 0 unspecified atom stereocenters. The van der Waals surface area contributed by atoms with E-state index in [-0.39, 0.29) is 35.3 Å². The number of aliphatic carboxylic acids is 1. The van der Waals surface area contributed by atoms with Crippen LogP contribution in [0.5, 0.6) is 0 Å². The number of amides is 2. The smallest absolute Gasteiger partial charge is 0.331 e. The Bertz CT molecular complexity index is 601. The summed E-state index contributed by atoms with van der Waals surface area (Å²) in [4.78, 5) is 38.9. The lowest BCUT2D eigenvalue weighted by molar-refractivity contribution is -0.141. The van der Waals surface area contributed by atoms with E-state index in [0.717, 1.165) is 25.9 Å². The Morgan fingerprint density at radius 2 is 1.71 bits per heavy atom. The quantitative estimate of drug-likeness (QED) is 0.573. The fraction of sp³-hybridized carbons (Fsp3) is 0.762. The Morgan fingerprint density at radius 3 is 2.14 bits per heavy atom. The van der Waals surface area contributed by atoms with Gasteiger partial charge in [-0.25, -0.2) is 4.79 Å². The number of nitrogens with zero attached hydrogens (tertiary/aromatic N) is 1. The predicted molar refractivity (Wildman–Crippen MR) is 110 cm³/mol. The number of rotatable bonds is 7. The van der Waals surface area contributed by atoms with Crippen molar-refractivity contribution in [1.29, 1.82) is 0 Å². The average Bonchev–Trinajstić information content (AvgIpc) is 2.61. The van der Waals surface area contributed by atoms with Crippen molar-refractivity contribution in [2.75, 3.05) is 20.1 Å². The first-order valence-electron chi connectivity index (χ1n) is 10.1. The molecule has 2 atom stereocenters. The summed E-state index contributed by atoms with van der Waals surface area (Å²) in [5.41, 5.74) is -0.273. The molecular formula is C21H37N3O4. The zero-order valence-electron chi connectivity index (χ0n) is 18.3. The predicted octanol–water partition coefficient (Wildman–Crippen LogP) is 2.03. The van der Waals surface area contributed by atoms with Crippen molar-refractivity contribution in [1.82, 2.24) is 15.5 Å². The van der Waals surface area contributed by atoms with E-state index in [1.165, 1.54) is 6.92 Å². The highest BCUT2D eigenvalue weighted by Gasteiger charge is 2.38. The Kier molecular flexibility index (Phi) is 8.67. The molecule has 0 aromatic rings. The number of hydrogen-bond acceptors (Lipinski definition) is 4. The Morgan fingerprint density at radius 1 is 1.18 bits per heavy atom. The topological polar surface area (TPSA) is 98.7 Å². The molecule has 1 saturated heterocycles. The molecule has 28 heavy (non-hydrogen) atoms. The lowest BCUT2D eigenvalue weighted by atomic mass is 9.84. The van der Waals surface area contributed by atoms with Crippen LogP contribution in [0.4, 0.5) is 0 Å². The number of hydrogen-bond donors (Lipinski definition) is 3. The van der Waals surface area contributed by atoms with Crippen LogP contribution in [0.2, 0.25) is 0 Å². The maximum absolute atomic E-state index is 13.3. The number of nitrogens with one attached hydrogen (secondary N) is 2. The molecule has 1 heterocycles.